The van der Waals surface area contributed by atoms with Gasteiger partial charge >= 0.3 is 0 Å². The Kier molecular flexibility index (Phi) is 3.66. The van der Waals surface area contributed by atoms with Crippen molar-refractivity contribution in [2.24, 2.45) is 0 Å². The zero-order valence-corrected chi connectivity index (χ0v) is 8.39. The van der Waals surface area contributed by atoms with E-state index in [1.54, 1.807) is 30.4 Å². The Morgan fingerprint density at radius 3 is 2.50 bits per heavy atom. The van der Waals surface area contributed by atoms with Crippen molar-refractivity contribution in [3.05, 3.63) is 66.0 Å². The van der Waals surface area contributed by atoms with Crippen molar-refractivity contribution in [3.8, 4) is 0 Å². The Labute approximate surface area is 88.0 Å². The van der Waals surface area contributed by atoms with Gasteiger partial charge in [-0.2, -0.15) is 0 Å². The molecule has 0 unspecified atom stereocenters. The summed E-state index contributed by atoms with van der Waals surface area (Å²) in [7, 11) is 0. The second kappa shape index (κ2) is 4.77. The van der Waals surface area contributed by atoms with Crippen LogP contribution < -0.4 is 0 Å². The lowest BCUT2D eigenvalue weighted by molar-refractivity contribution is 0.624. The molecule has 14 heavy (non-hydrogen) atoms. The van der Waals surface area contributed by atoms with Gasteiger partial charge in [-0.3, -0.25) is 0 Å². The van der Waals surface area contributed by atoms with Crippen molar-refractivity contribution in [1.82, 2.24) is 0 Å². The Hall–Kier alpha value is -1.34. The van der Waals surface area contributed by atoms with E-state index in [4.69, 9.17) is 11.6 Å². The SMILES string of the molecule is C=C/C=C(\C(=C)Cl)c1ccccc1F. The van der Waals surface area contributed by atoms with Gasteiger partial charge < -0.3 is 0 Å². The molecule has 0 heterocycles. The summed E-state index contributed by atoms with van der Waals surface area (Å²) in [6.07, 6.45) is 3.18. The van der Waals surface area contributed by atoms with Crippen molar-refractivity contribution >= 4 is 17.2 Å². The van der Waals surface area contributed by atoms with Gasteiger partial charge in [-0.05, 0) is 6.07 Å². The second-order valence-electron chi connectivity index (χ2n) is 2.70. The summed E-state index contributed by atoms with van der Waals surface area (Å²) in [5.41, 5.74) is 0.993. The summed E-state index contributed by atoms with van der Waals surface area (Å²) in [6, 6.07) is 6.40. The largest absolute Gasteiger partial charge is 0.206 e. The molecule has 1 aromatic rings. The molecule has 72 valence electrons. The maximum atomic E-state index is 13.3. The number of allylic oxidation sites excluding steroid dienone is 4. The average molecular weight is 209 g/mol. The molecule has 0 amide bonds. The third-order valence-corrected chi connectivity index (χ3v) is 1.94. The van der Waals surface area contributed by atoms with Gasteiger partial charge in [-0.25, -0.2) is 4.39 Å². The molecule has 0 fully saturated rings. The lowest BCUT2D eigenvalue weighted by Gasteiger charge is -2.05. The first-order valence-electron chi connectivity index (χ1n) is 4.09. The predicted octanol–water partition coefficient (Wildman–Crippen LogP) is 4.15. The molecule has 0 saturated carbocycles. The van der Waals surface area contributed by atoms with E-state index in [0.717, 1.165) is 0 Å². The Morgan fingerprint density at radius 2 is 2.00 bits per heavy atom. The highest BCUT2D eigenvalue weighted by Gasteiger charge is 2.07. The Balaban J connectivity index is 3.26. The van der Waals surface area contributed by atoms with Gasteiger partial charge in [0.1, 0.15) is 5.82 Å². The predicted molar refractivity (Wildman–Crippen MR) is 59.6 cm³/mol. The molecule has 0 saturated heterocycles. The van der Waals surface area contributed by atoms with Crippen molar-refractivity contribution in [1.29, 1.82) is 0 Å². The molecule has 0 aliphatic heterocycles. The molecule has 0 radical (unpaired) electrons. The summed E-state index contributed by atoms with van der Waals surface area (Å²) in [4.78, 5) is 0. The van der Waals surface area contributed by atoms with Gasteiger partial charge in [0.05, 0.1) is 0 Å². The molecular weight excluding hydrogens is 199 g/mol. The summed E-state index contributed by atoms with van der Waals surface area (Å²) in [6.45, 7) is 7.11. The number of benzene rings is 1. The maximum Gasteiger partial charge on any atom is 0.131 e. The van der Waals surface area contributed by atoms with Crippen molar-refractivity contribution in [2.45, 2.75) is 0 Å². The highest BCUT2D eigenvalue weighted by atomic mass is 35.5. The van der Waals surface area contributed by atoms with Crippen LogP contribution >= 0.6 is 11.6 Å². The monoisotopic (exact) mass is 208 g/mol. The highest BCUT2D eigenvalue weighted by Crippen LogP contribution is 2.26. The molecule has 2 heteroatoms. The van der Waals surface area contributed by atoms with Crippen molar-refractivity contribution in [3.63, 3.8) is 0 Å². The standard InChI is InChI=1S/C12H10ClF/c1-3-6-10(9(2)13)11-7-4-5-8-12(11)14/h3-8H,1-2H2/b10-6+. The van der Waals surface area contributed by atoms with E-state index in [2.05, 4.69) is 13.2 Å². The molecule has 0 aromatic heterocycles. The topological polar surface area (TPSA) is 0 Å². The van der Waals surface area contributed by atoms with Gasteiger partial charge in [0, 0.05) is 16.2 Å². The second-order valence-corrected chi connectivity index (χ2v) is 3.16. The lowest BCUT2D eigenvalue weighted by Crippen LogP contribution is -1.88. The minimum absolute atomic E-state index is 0.301. The lowest BCUT2D eigenvalue weighted by atomic mass is 10.0. The third kappa shape index (κ3) is 2.33. The van der Waals surface area contributed by atoms with E-state index in [1.165, 1.54) is 6.07 Å². The van der Waals surface area contributed by atoms with Crippen LogP contribution in [0.15, 0.2) is 54.6 Å². The van der Waals surface area contributed by atoms with Crippen LogP contribution in [0.5, 0.6) is 0 Å². The zero-order valence-electron chi connectivity index (χ0n) is 7.63. The Bertz CT molecular complexity index is 391. The average Bonchev–Trinajstić information content (AvgIpc) is 2.15. The third-order valence-electron chi connectivity index (χ3n) is 1.74. The van der Waals surface area contributed by atoms with Gasteiger partial charge in [0.15, 0.2) is 0 Å². The van der Waals surface area contributed by atoms with E-state index >= 15 is 0 Å². The van der Waals surface area contributed by atoms with Crippen LogP contribution in [-0.4, -0.2) is 0 Å². The minimum atomic E-state index is -0.317. The van der Waals surface area contributed by atoms with Crippen molar-refractivity contribution in [2.75, 3.05) is 0 Å². The normalized spacial score (nSPS) is 11.1. The van der Waals surface area contributed by atoms with Crippen LogP contribution in [0.25, 0.3) is 5.57 Å². The molecule has 0 spiro atoms. The fourth-order valence-corrected chi connectivity index (χ4v) is 1.29. The quantitative estimate of drug-likeness (QED) is 0.655. The van der Waals surface area contributed by atoms with Gasteiger partial charge in [-0.15, -0.1) is 0 Å². The fraction of sp³-hybridized carbons (Fsp3) is 0. The number of rotatable bonds is 3. The molecule has 1 aromatic carbocycles. The van der Waals surface area contributed by atoms with E-state index in [-0.39, 0.29) is 5.82 Å². The molecule has 0 aliphatic carbocycles. The number of hydrogen-bond acceptors (Lipinski definition) is 0. The first kappa shape index (κ1) is 10.7. The van der Waals surface area contributed by atoms with Gasteiger partial charge in [-0.1, -0.05) is 55.1 Å². The molecule has 0 nitrogen and oxygen atoms in total. The van der Waals surface area contributed by atoms with Crippen LogP contribution in [0.1, 0.15) is 5.56 Å². The van der Waals surface area contributed by atoms with Crippen LogP contribution in [0.2, 0.25) is 0 Å². The van der Waals surface area contributed by atoms with Crippen molar-refractivity contribution < 1.29 is 4.39 Å². The van der Waals surface area contributed by atoms with Crippen LogP contribution in [0.4, 0.5) is 4.39 Å². The summed E-state index contributed by atoms with van der Waals surface area (Å²) in [5.74, 6) is -0.317. The molecule has 1 rings (SSSR count). The van der Waals surface area contributed by atoms with E-state index in [0.29, 0.717) is 16.2 Å². The number of hydrogen-bond donors (Lipinski definition) is 0. The molecule has 0 N–H and O–H groups in total. The molecule has 0 bridgehead atoms. The maximum absolute atomic E-state index is 13.3. The Morgan fingerprint density at radius 1 is 1.36 bits per heavy atom. The summed E-state index contributed by atoms with van der Waals surface area (Å²) >= 11 is 5.75. The molecule has 0 atom stereocenters. The van der Waals surface area contributed by atoms with Gasteiger partial charge in [0.25, 0.3) is 0 Å². The number of halogens is 2. The summed E-state index contributed by atoms with van der Waals surface area (Å²) in [5, 5.41) is 0.301. The van der Waals surface area contributed by atoms with Crippen LogP contribution in [-0.2, 0) is 0 Å². The first-order chi connectivity index (χ1) is 6.66. The smallest absolute Gasteiger partial charge is 0.131 e. The van der Waals surface area contributed by atoms with Crippen LogP contribution in [0, 0.1) is 5.82 Å². The highest BCUT2D eigenvalue weighted by molar-refractivity contribution is 6.36. The zero-order chi connectivity index (χ0) is 10.6. The fourth-order valence-electron chi connectivity index (χ4n) is 1.12. The van der Waals surface area contributed by atoms with E-state index < -0.39 is 0 Å². The summed E-state index contributed by atoms with van der Waals surface area (Å²) < 4.78 is 13.3. The van der Waals surface area contributed by atoms with E-state index in [1.807, 2.05) is 0 Å². The van der Waals surface area contributed by atoms with Crippen LogP contribution in [0.3, 0.4) is 0 Å². The molecular formula is C12H10ClF. The molecule has 0 aliphatic rings. The minimum Gasteiger partial charge on any atom is -0.206 e. The van der Waals surface area contributed by atoms with Gasteiger partial charge in [0.2, 0.25) is 0 Å². The first-order valence-corrected chi connectivity index (χ1v) is 4.47. The van der Waals surface area contributed by atoms with E-state index in [9.17, 15) is 4.39 Å².